The molecule has 22 heavy (non-hydrogen) atoms. The topological polar surface area (TPSA) is 63.0 Å². The van der Waals surface area contributed by atoms with Gasteiger partial charge in [-0.05, 0) is 31.9 Å². The smallest absolute Gasteiger partial charge is 0.310 e. The first-order chi connectivity index (χ1) is 10.7. The Labute approximate surface area is 133 Å². The second-order valence-corrected chi connectivity index (χ2v) is 6.79. The van der Waals surface area contributed by atoms with Crippen LogP contribution < -0.4 is 0 Å². The lowest BCUT2D eigenvalue weighted by Crippen LogP contribution is -2.29. The van der Waals surface area contributed by atoms with E-state index in [4.69, 9.17) is 15.0 Å². The summed E-state index contributed by atoms with van der Waals surface area (Å²) < 4.78 is 6.39. The number of aromatic nitrogens is 1. The molecule has 3 unspecified atom stereocenters. The zero-order valence-corrected chi connectivity index (χ0v) is 13.3. The summed E-state index contributed by atoms with van der Waals surface area (Å²) in [5.74, 6) is -0.312. The van der Waals surface area contributed by atoms with Crippen molar-refractivity contribution >= 4 is 27.5 Å². The minimum absolute atomic E-state index is 0.115. The number of ether oxygens (including phenoxy) is 1. The predicted molar refractivity (Wildman–Crippen MR) is 85.5 cm³/mol. The number of fused-ring (bicyclic) bond motifs is 1. The second kappa shape index (κ2) is 6.45. The van der Waals surface area contributed by atoms with Gasteiger partial charge in [0.15, 0.2) is 6.10 Å². The Balaban J connectivity index is 1.86. The maximum atomic E-state index is 12.4. The largest absolute Gasteiger partial charge is 0.447 e. The molecule has 0 spiro atoms. The van der Waals surface area contributed by atoms with Crippen molar-refractivity contribution in [2.24, 2.45) is 5.92 Å². The molecule has 1 fully saturated rings. The molecule has 0 radical (unpaired) electrons. The van der Waals surface area contributed by atoms with Gasteiger partial charge in [-0.2, -0.15) is 5.26 Å². The van der Waals surface area contributed by atoms with E-state index in [0.717, 1.165) is 40.9 Å². The highest BCUT2D eigenvalue weighted by Gasteiger charge is 2.35. The fourth-order valence-corrected chi connectivity index (χ4v) is 4.21. The first-order valence-electron chi connectivity index (χ1n) is 7.64. The lowest BCUT2D eigenvalue weighted by atomic mass is 9.79. The third-order valence-corrected chi connectivity index (χ3v) is 5.34. The number of thiazole rings is 1. The van der Waals surface area contributed by atoms with E-state index in [-0.39, 0.29) is 17.8 Å². The number of hydrogen-bond donors (Lipinski definition) is 0. The average Bonchev–Trinajstić information content (AvgIpc) is 2.98. The molecule has 114 valence electrons. The fraction of sp³-hybridized carbons (Fsp3) is 0.471. The summed E-state index contributed by atoms with van der Waals surface area (Å²) in [7, 11) is 0. The van der Waals surface area contributed by atoms with Gasteiger partial charge in [-0.25, -0.2) is 4.98 Å². The molecule has 1 aliphatic rings. The van der Waals surface area contributed by atoms with Crippen LogP contribution in [0.15, 0.2) is 24.3 Å². The monoisotopic (exact) mass is 314 g/mol. The molecule has 5 heteroatoms. The van der Waals surface area contributed by atoms with Gasteiger partial charge in [-0.1, -0.05) is 25.0 Å². The van der Waals surface area contributed by atoms with Gasteiger partial charge >= 0.3 is 5.97 Å². The number of hydrogen-bond acceptors (Lipinski definition) is 5. The van der Waals surface area contributed by atoms with Crippen molar-refractivity contribution in [3.05, 3.63) is 29.3 Å². The number of benzene rings is 1. The highest BCUT2D eigenvalue weighted by molar-refractivity contribution is 7.18. The van der Waals surface area contributed by atoms with Crippen molar-refractivity contribution in [1.82, 2.24) is 4.98 Å². The van der Waals surface area contributed by atoms with Crippen molar-refractivity contribution in [3.63, 3.8) is 0 Å². The zero-order valence-electron chi connectivity index (χ0n) is 12.5. The molecular weight excluding hydrogens is 296 g/mol. The molecule has 0 aliphatic heterocycles. The van der Waals surface area contributed by atoms with Crippen LogP contribution in [-0.2, 0) is 9.53 Å². The molecule has 0 N–H and O–H groups in total. The normalized spacial score (nSPS) is 22.9. The standard InChI is InChI=1S/C17H18N2O2S/c1-11(10-18)21-17(20)13-7-3-2-6-12(13)16-19-14-8-4-5-9-15(14)22-16/h4-5,8-9,11-13H,2-3,6-7H2,1H3. The number of esters is 1. The van der Waals surface area contributed by atoms with Crippen LogP contribution in [-0.4, -0.2) is 17.1 Å². The van der Waals surface area contributed by atoms with Crippen molar-refractivity contribution in [1.29, 1.82) is 5.26 Å². The van der Waals surface area contributed by atoms with Gasteiger partial charge in [0.2, 0.25) is 0 Å². The average molecular weight is 314 g/mol. The SMILES string of the molecule is CC(C#N)OC(=O)C1CCCCC1c1nc2ccccc2s1. The van der Waals surface area contributed by atoms with Crippen molar-refractivity contribution < 1.29 is 9.53 Å². The Morgan fingerprint density at radius 2 is 2.18 bits per heavy atom. The van der Waals surface area contributed by atoms with Crippen LogP contribution in [0.4, 0.5) is 0 Å². The first-order valence-corrected chi connectivity index (χ1v) is 8.46. The number of carbonyl (C=O) groups excluding carboxylic acids is 1. The molecule has 3 rings (SSSR count). The summed E-state index contributed by atoms with van der Waals surface area (Å²) in [5.41, 5.74) is 0.991. The number of rotatable bonds is 3. The molecule has 1 aliphatic carbocycles. The molecule has 1 saturated carbocycles. The summed E-state index contributed by atoms with van der Waals surface area (Å²) in [4.78, 5) is 17.1. The Morgan fingerprint density at radius 3 is 2.95 bits per heavy atom. The molecule has 0 amide bonds. The van der Waals surface area contributed by atoms with Crippen LogP contribution in [0.2, 0.25) is 0 Å². The molecular formula is C17H18N2O2S. The molecule has 0 bridgehead atoms. The summed E-state index contributed by atoms with van der Waals surface area (Å²) in [6.07, 6.45) is 3.23. The number of carbonyl (C=O) groups is 1. The van der Waals surface area contributed by atoms with Gasteiger partial charge in [-0.15, -0.1) is 11.3 Å². The number of nitrogens with zero attached hydrogens (tertiary/aromatic N) is 2. The fourth-order valence-electron chi connectivity index (χ4n) is 3.05. The van der Waals surface area contributed by atoms with Gasteiger partial charge in [0.25, 0.3) is 0 Å². The van der Waals surface area contributed by atoms with Crippen molar-refractivity contribution in [2.75, 3.05) is 0 Å². The maximum absolute atomic E-state index is 12.4. The van der Waals surface area contributed by atoms with Crippen LogP contribution in [0.5, 0.6) is 0 Å². The molecule has 0 saturated heterocycles. The maximum Gasteiger partial charge on any atom is 0.310 e. The van der Waals surface area contributed by atoms with Gasteiger partial charge in [0.1, 0.15) is 6.07 Å². The Bertz CT molecular complexity index is 686. The van der Waals surface area contributed by atoms with Crippen molar-refractivity contribution in [3.8, 4) is 6.07 Å². The Hall–Kier alpha value is -1.93. The van der Waals surface area contributed by atoms with Crippen LogP contribution in [0.3, 0.4) is 0 Å². The second-order valence-electron chi connectivity index (χ2n) is 5.73. The Morgan fingerprint density at radius 1 is 1.41 bits per heavy atom. The summed E-state index contributed by atoms with van der Waals surface area (Å²) in [5, 5.41) is 9.84. The van der Waals surface area contributed by atoms with Gasteiger partial charge in [0, 0.05) is 5.92 Å². The molecule has 2 aromatic rings. The van der Waals surface area contributed by atoms with E-state index in [1.807, 2.05) is 24.3 Å². The molecule has 1 aromatic heterocycles. The molecule has 4 nitrogen and oxygen atoms in total. The first kappa shape index (κ1) is 15.0. The lowest BCUT2D eigenvalue weighted by Gasteiger charge is -2.28. The third kappa shape index (κ3) is 2.97. The van der Waals surface area contributed by atoms with Crippen LogP contribution in [0, 0.1) is 17.2 Å². The van der Waals surface area contributed by atoms with Crippen molar-refractivity contribution in [2.45, 2.75) is 44.6 Å². The molecule has 3 atom stereocenters. The highest BCUT2D eigenvalue weighted by Crippen LogP contribution is 2.41. The van der Waals surface area contributed by atoms with E-state index in [0.29, 0.717) is 0 Å². The van der Waals surface area contributed by atoms with E-state index in [1.165, 1.54) is 0 Å². The molecule has 1 aromatic carbocycles. The van der Waals surface area contributed by atoms with Crippen LogP contribution in [0.25, 0.3) is 10.2 Å². The van der Waals surface area contributed by atoms with Gasteiger partial charge < -0.3 is 4.74 Å². The predicted octanol–water partition coefficient (Wildman–Crippen LogP) is 4.03. The third-order valence-electron chi connectivity index (χ3n) is 4.17. The summed E-state index contributed by atoms with van der Waals surface area (Å²) in [6.45, 7) is 1.60. The van der Waals surface area contributed by atoms with Crippen LogP contribution in [0.1, 0.15) is 43.5 Å². The van der Waals surface area contributed by atoms with E-state index < -0.39 is 6.10 Å². The minimum Gasteiger partial charge on any atom is -0.447 e. The number of nitriles is 1. The lowest BCUT2D eigenvalue weighted by molar-refractivity contribution is -0.152. The molecule has 1 heterocycles. The summed E-state index contributed by atoms with van der Waals surface area (Å²) in [6, 6.07) is 10.0. The van der Waals surface area contributed by atoms with E-state index >= 15 is 0 Å². The highest BCUT2D eigenvalue weighted by atomic mass is 32.1. The van der Waals surface area contributed by atoms with E-state index in [1.54, 1.807) is 18.3 Å². The van der Waals surface area contributed by atoms with Gasteiger partial charge in [-0.3, -0.25) is 4.79 Å². The summed E-state index contributed by atoms with van der Waals surface area (Å²) >= 11 is 1.67. The Kier molecular flexibility index (Phi) is 4.39. The van der Waals surface area contributed by atoms with E-state index in [9.17, 15) is 4.79 Å². The van der Waals surface area contributed by atoms with Gasteiger partial charge in [0.05, 0.1) is 21.1 Å². The minimum atomic E-state index is -0.689. The quantitative estimate of drug-likeness (QED) is 0.803. The van der Waals surface area contributed by atoms with Crippen LogP contribution >= 0.6 is 11.3 Å². The van der Waals surface area contributed by atoms with E-state index in [2.05, 4.69) is 6.07 Å². The zero-order chi connectivity index (χ0) is 15.5. The number of para-hydroxylation sites is 1.